The van der Waals surface area contributed by atoms with Crippen molar-refractivity contribution in [3.05, 3.63) is 0 Å². The van der Waals surface area contributed by atoms with Crippen LogP contribution in [0.25, 0.3) is 0 Å². The number of hydrogen-bond acceptors (Lipinski definition) is 2. The molecule has 0 aromatic carbocycles. The Bertz CT molecular complexity index is 139. The molecule has 2 N–H and O–H groups in total. The predicted molar refractivity (Wildman–Crippen MR) is 50.1 cm³/mol. The minimum Gasteiger partial charge on any atom is -0.317 e. The summed E-state index contributed by atoms with van der Waals surface area (Å²) in [7, 11) is 0. The fraction of sp³-hybridized carbons (Fsp3) is 1.00. The molecule has 0 aromatic rings. The number of hydrogen-bond donors (Lipinski definition) is 2. The van der Waals surface area contributed by atoms with E-state index in [2.05, 4.69) is 26.3 Å². The summed E-state index contributed by atoms with van der Waals surface area (Å²) >= 11 is 0. The topological polar surface area (TPSA) is 32.3 Å². The summed E-state index contributed by atoms with van der Waals surface area (Å²) in [6.45, 7) is 6.77. The largest absolute Gasteiger partial charge is 0.317 e. The van der Waals surface area contributed by atoms with Crippen LogP contribution in [0.1, 0.15) is 46.5 Å². The molecule has 2 heteroatoms. The van der Waals surface area contributed by atoms with E-state index < -0.39 is 0 Å². The van der Waals surface area contributed by atoms with Crippen LogP contribution in [0.3, 0.4) is 0 Å². The highest BCUT2D eigenvalue weighted by Crippen LogP contribution is 2.37. The van der Waals surface area contributed by atoms with E-state index in [1.807, 2.05) is 0 Å². The first-order valence-electron chi connectivity index (χ1n) is 4.95. The van der Waals surface area contributed by atoms with Crippen molar-refractivity contribution in [2.45, 2.75) is 52.5 Å². The minimum absolute atomic E-state index is 0.318. The van der Waals surface area contributed by atoms with Crippen LogP contribution in [0.4, 0.5) is 0 Å². The highest BCUT2D eigenvalue weighted by atomic mass is 16.5. The van der Waals surface area contributed by atoms with Gasteiger partial charge in [0.15, 0.2) is 0 Å². The molecule has 1 rings (SSSR count). The van der Waals surface area contributed by atoms with Gasteiger partial charge in [-0.3, -0.25) is 0 Å². The second-order valence-corrected chi connectivity index (χ2v) is 4.99. The molecule has 2 nitrogen and oxygen atoms in total. The number of hydroxylamine groups is 1. The van der Waals surface area contributed by atoms with Gasteiger partial charge in [-0.25, -0.2) is 5.48 Å². The molecule has 0 aromatic heterocycles. The normalized spacial score (nSPS) is 32.0. The molecule has 0 saturated heterocycles. The summed E-state index contributed by atoms with van der Waals surface area (Å²) < 4.78 is 0. The molecule has 1 fully saturated rings. The van der Waals surface area contributed by atoms with Gasteiger partial charge in [-0.05, 0) is 24.2 Å². The first-order valence-corrected chi connectivity index (χ1v) is 4.95. The highest BCUT2D eigenvalue weighted by Gasteiger charge is 2.33. The Balaban J connectivity index is 2.59. The van der Waals surface area contributed by atoms with Gasteiger partial charge < -0.3 is 5.21 Å². The smallest absolute Gasteiger partial charge is 0.0352 e. The van der Waals surface area contributed by atoms with Gasteiger partial charge in [0.25, 0.3) is 0 Å². The third-order valence-corrected chi connectivity index (χ3v) is 3.04. The maximum Gasteiger partial charge on any atom is 0.0352 e. The molecule has 2 unspecified atom stereocenters. The summed E-state index contributed by atoms with van der Waals surface area (Å²) in [6.07, 6.45) is 4.95. The second kappa shape index (κ2) is 3.75. The minimum atomic E-state index is 0.318. The average molecular weight is 171 g/mol. The molecule has 1 saturated carbocycles. The summed E-state index contributed by atoms with van der Waals surface area (Å²) in [5.74, 6) is 0.622. The molecule has 1 aliphatic rings. The van der Waals surface area contributed by atoms with E-state index in [4.69, 9.17) is 5.21 Å². The molecule has 0 spiro atoms. The molecule has 72 valence electrons. The van der Waals surface area contributed by atoms with Crippen molar-refractivity contribution < 1.29 is 5.21 Å². The fourth-order valence-electron chi connectivity index (χ4n) is 2.32. The standard InChI is InChI=1S/C10H21NO/c1-10(2,3)8-6-4-5-7-9(8)11-12/h8-9,11-12H,4-7H2,1-3H3. The third-order valence-electron chi connectivity index (χ3n) is 3.04. The van der Waals surface area contributed by atoms with Gasteiger partial charge in [-0.15, -0.1) is 0 Å². The zero-order chi connectivity index (χ0) is 9.19. The van der Waals surface area contributed by atoms with Crippen molar-refractivity contribution in [1.82, 2.24) is 5.48 Å². The summed E-state index contributed by atoms with van der Waals surface area (Å²) in [5.41, 5.74) is 2.78. The van der Waals surface area contributed by atoms with Crippen LogP contribution in [0.15, 0.2) is 0 Å². The van der Waals surface area contributed by atoms with Crippen molar-refractivity contribution in [2.75, 3.05) is 0 Å². The van der Waals surface area contributed by atoms with Crippen LogP contribution in [0.5, 0.6) is 0 Å². The SMILES string of the molecule is CC(C)(C)C1CCCCC1NO. The van der Waals surface area contributed by atoms with Gasteiger partial charge in [0.05, 0.1) is 0 Å². The highest BCUT2D eigenvalue weighted by molar-refractivity contribution is 4.86. The molecule has 0 amide bonds. The van der Waals surface area contributed by atoms with Crippen molar-refractivity contribution >= 4 is 0 Å². The molecule has 0 radical (unpaired) electrons. The van der Waals surface area contributed by atoms with Crippen LogP contribution >= 0.6 is 0 Å². The Morgan fingerprint density at radius 3 is 2.17 bits per heavy atom. The Morgan fingerprint density at radius 2 is 1.75 bits per heavy atom. The molecular formula is C10H21NO. The van der Waals surface area contributed by atoms with Gasteiger partial charge in [0.2, 0.25) is 0 Å². The second-order valence-electron chi connectivity index (χ2n) is 4.99. The van der Waals surface area contributed by atoms with Crippen molar-refractivity contribution in [3.8, 4) is 0 Å². The van der Waals surface area contributed by atoms with Crippen LogP contribution in [0.2, 0.25) is 0 Å². The van der Waals surface area contributed by atoms with E-state index in [0.717, 1.165) is 6.42 Å². The zero-order valence-electron chi connectivity index (χ0n) is 8.43. The molecule has 0 aliphatic heterocycles. The average Bonchev–Trinajstić information content (AvgIpc) is 2.03. The lowest BCUT2D eigenvalue weighted by Gasteiger charge is -2.39. The van der Waals surface area contributed by atoms with Crippen molar-refractivity contribution in [1.29, 1.82) is 0 Å². The number of rotatable bonds is 1. The summed E-state index contributed by atoms with van der Waals surface area (Å²) in [5, 5.41) is 8.97. The molecule has 12 heavy (non-hydrogen) atoms. The quantitative estimate of drug-likeness (QED) is 0.594. The van der Waals surface area contributed by atoms with Gasteiger partial charge in [0.1, 0.15) is 0 Å². The molecular weight excluding hydrogens is 150 g/mol. The van der Waals surface area contributed by atoms with Gasteiger partial charge in [-0.1, -0.05) is 33.6 Å². The maximum absolute atomic E-state index is 8.97. The van der Waals surface area contributed by atoms with Gasteiger partial charge in [-0.2, -0.15) is 0 Å². The molecule has 0 heterocycles. The van der Waals surface area contributed by atoms with Crippen LogP contribution in [-0.2, 0) is 0 Å². The first-order chi connectivity index (χ1) is 5.55. The van der Waals surface area contributed by atoms with E-state index in [-0.39, 0.29) is 0 Å². The Kier molecular flexibility index (Phi) is 3.13. The third kappa shape index (κ3) is 2.20. The Labute approximate surface area is 75.3 Å². The molecule has 1 aliphatic carbocycles. The van der Waals surface area contributed by atoms with Crippen LogP contribution in [-0.4, -0.2) is 11.2 Å². The van der Waals surface area contributed by atoms with Gasteiger partial charge >= 0.3 is 0 Å². The number of nitrogens with one attached hydrogen (secondary N) is 1. The summed E-state index contributed by atoms with van der Waals surface area (Å²) in [6, 6.07) is 0.318. The summed E-state index contributed by atoms with van der Waals surface area (Å²) in [4.78, 5) is 0. The monoisotopic (exact) mass is 171 g/mol. The lowest BCUT2D eigenvalue weighted by atomic mass is 9.70. The molecule has 0 bridgehead atoms. The van der Waals surface area contributed by atoms with Gasteiger partial charge in [0, 0.05) is 6.04 Å². The van der Waals surface area contributed by atoms with E-state index in [1.165, 1.54) is 19.3 Å². The lowest BCUT2D eigenvalue weighted by molar-refractivity contribution is 0.0332. The zero-order valence-corrected chi connectivity index (χ0v) is 8.43. The Morgan fingerprint density at radius 1 is 1.17 bits per heavy atom. The van der Waals surface area contributed by atoms with Crippen molar-refractivity contribution in [3.63, 3.8) is 0 Å². The van der Waals surface area contributed by atoms with Crippen LogP contribution in [0, 0.1) is 11.3 Å². The predicted octanol–water partition coefficient (Wildman–Crippen LogP) is 2.57. The van der Waals surface area contributed by atoms with E-state index in [9.17, 15) is 0 Å². The van der Waals surface area contributed by atoms with E-state index in [1.54, 1.807) is 0 Å². The Hall–Kier alpha value is -0.0800. The van der Waals surface area contributed by atoms with Crippen molar-refractivity contribution in [2.24, 2.45) is 11.3 Å². The maximum atomic E-state index is 8.97. The van der Waals surface area contributed by atoms with Crippen LogP contribution < -0.4 is 5.48 Å². The van der Waals surface area contributed by atoms with E-state index >= 15 is 0 Å². The lowest BCUT2D eigenvalue weighted by Crippen LogP contribution is -2.42. The van der Waals surface area contributed by atoms with E-state index in [0.29, 0.717) is 17.4 Å². The first kappa shape index (κ1) is 10.0. The fourth-order valence-corrected chi connectivity index (χ4v) is 2.32. The molecule has 2 atom stereocenters.